The minimum Gasteiger partial charge on any atom is -0.386 e. The van der Waals surface area contributed by atoms with Crippen LogP contribution in [0, 0.1) is 0 Å². The molecule has 6 nitrogen and oxygen atoms in total. The van der Waals surface area contributed by atoms with Crippen LogP contribution in [-0.4, -0.2) is 29.9 Å². The molecule has 2 aromatic rings. The Bertz CT molecular complexity index is 447. The monoisotopic (exact) mass is 207 g/mol. The standard InChI is InChI=1S/C9H13N5O/c1-13-4-3-8(11-13)9(15)5-7-6-14(2)12-10-7/h3-4,6,9,15H,5H2,1-2H3. The van der Waals surface area contributed by atoms with E-state index in [-0.39, 0.29) is 0 Å². The van der Waals surface area contributed by atoms with Crippen molar-refractivity contribution in [3.8, 4) is 0 Å². The van der Waals surface area contributed by atoms with Crippen LogP contribution in [0.5, 0.6) is 0 Å². The molecule has 0 radical (unpaired) electrons. The van der Waals surface area contributed by atoms with Gasteiger partial charge in [0.15, 0.2) is 0 Å². The molecular formula is C9H13N5O. The molecule has 80 valence electrons. The van der Waals surface area contributed by atoms with Gasteiger partial charge in [-0.05, 0) is 6.07 Å². The van der Waals surface area contributed by atoms with Crippen molar-refractivity contribution in [1.29, 1.82) is 0 Å². The molecular weight excluding hydrogens is 194 g/mol. The van der Waals surface area contributed by atoms with Crippen molar-refractivity contribution in [3.63, 3.8) is 0 Å². The Hall–Kier alpha value is -1.69. The number of aliphatic hydroxyl groups is 1. The van der Waals surface area contributed by atoms with E-state index in [0.29, 0.717) is 12.1 Å². The number of hydrogen-bond acceptors (Lipinski definition) is 4. The molecule has 1 atom stereocenters. The zero-order valence-electron chi connectivity index (χ0n) is 8.70. The average molecular weight is 207 g/mol. The van der Waals surface area contributed by atoms with Crippen LogP contribution in [-0.2, 0) is 20.5 Å². The Labute approximate surface area is 87.1 Å². The van der Waals surface area contributed by atoms with Crippen LogP contribution >= 0.6 is 0 Å². The normalized spacial score (nSPS) is 13.0. The number of rotatable bonds is 3. The Kier molecular flexibility index (Phi) is 2.51. The lowest BCUT2D eigenvalue weighted by Crippen LogP contribution is -2.04. The predicted molar refractivity (Wildman–Crippen MR) is 52.9 cm³/mol. The summed E-state index contributed by atoms with van der Waals surface area (Å²) >= 11 is 0. The van der Waals surface area contributed by atoms with Gasteiger partial charge in [0.1, 0.15) is 6.10 Å². The van der Waals surface area contributed by atoms with Crippen molar-refractivity contribution in [2.75, 3.05) is 0 Å². The lowest BCUT2D eigenvalue weighted by molar-refractivity contribution is 0.171. The third-order valence-electron chi connectivity index (χ3n) is 2.13. The molecule has 1 unspecified atom stereocenters. The molecule has 0 amide bonds. The minimum atomic E-state index is -0.622. The molecule has 0 fully saturated rings. The van der Waals surface area contributed by atoms with Gasteiger partial charge in [-0.2, -0.15) is 5.10 Å². The van der Waals surface area contributed by atoms with E-state index in [1.165, 1.54) is 0 Å². The third-order valence-corrected chi connectivity index (χ3v) is 2.13. The van der Waals surface area contributed by atoms with Crippen LogP contribution in [0.1, 0.15) is 17.5 Å². The fourth-order valence-corrected chi connectivity index (χ4v) is 1.40. The number of aryl methyl sites for hydroxylation is 2. The Morgan fingerprint density at radius 2 is 2.20 bits per heavy atom. The summed E-state index contributed by atoms with van der Waals surface area (Å²) in [6.45, 7) is 0. The summed E-state index contributed by atoms with van der Waals surface area (Å²) in [7, 11) is 3.61. The Morgan fingerprint density at radius 1 is 1.40 bits per heavy atom. The molecule has 2 rings (SSSR count). The highest BCUT2D eigenvalue weighted by Crippen LogP contribution is 2.14. The maximum absolute atomic E-state index is 9.84. The van der Waals surface area contributed by atoms with E-state index >= 15 is 0 Å². The first-order valence-electron chi connectivity index (χ1n) is 4.68. The fourth-order valence-electron chi connectivity index (χ4n) is 1.40. The molecule has 2 heterocycles. The number of hydrogen-bond donors (Lipinski definition) is 1. The molecule has 15 heavy (non-hydrogen) atoms. The number of aromatic nitrogens is 5. The summed E-state index contributed by atoms with van der Waals surface area (Å²) in [5.41, 5.74) is 1.42. The highest BCUT2D eigenvalue weighted by molar-refractivity contribution is 5.07. The summed E-state index contributed by atoms with van der Waals surface area (Å²) < 4.78 is 3.27. The molecule has 0 aromatic carbocycles. The number of aliphatic hydroxyl groups excluding tert-OH is 1. The van der Waals surface area contributed by atoms with Gasteiger partial charge in [-0.25, -0.2) is 0 Å². The maximum atomic E-state index is 9.84. The largest absolute Gasteiger partial charge is 0.386 e. The van der Waals surface area contributed by atoms with Gasteiger partial charge in [-0.3, -0.25) is 9.36 Å². The van der Waals surface area contributed by atoms with E-state index in [2.05, 4.69) is 15.4 Å². The lowest BCUT2D eigenvalue weighted by Gasteiger charge is -2.03. The zero-order chi connectivity index (χ0) is 10.8. The summed E-state index contributed by atoms with van der Waals surface area (Å²) in [6.07, 6.45) is 3.40. The van der Waals surface area contributed by atoms with E-state index in [1.807, 2.05) is 7.05 Å². The van der Waals surface area contributed by atoms with Gasteiger partial charge in [-0.1, -0.05) is 5.21 Å². The van der Waals surface area contributed by atoms with Gasteiger partial charge in [0.05, 0.1) is 11.4 Å². The van der Waals surface area contributed by atoms with Gasteiger partial charge in [0.25, 0.3) is 0 Å². The van der Waals surface area contributed by atoms with Crippen molar-refractivity contribution in [3.05, 3.63) is 29.8 Å². The third kappa shape index (κ3) is 2.21. The zero-order valence-corrected chi connectivity index (χ0v) is 8.70. The Balaban J connectivity index is 2.06. The first-order chi connectivity index (χ1) is 7.15. The molecule has 1 N–H and O–H groups in total. The number of nitrogens with zero attached hydrogens (tertiary/aromatic N) is 5. The van der Waals surface area contributed by atoms with E-state index in [0.717, 1.165) is 5.69 Å². The predicted octanol–water partition coefficient (Wildman–Crippen LogP) is -0.175. The van der Waals surface area contributed by atoms with Crippen molar-refractivity contribution in [1.82, 2.24) is 24.8 Å². The average Bonchev–Trinajstić information content (AvgIpc) is 2.75. The van der Waals surface area contributed by atoms with Gasteiger partial charge in [0.2, 0.25) is 0 Å². The van der Waals surface area contributed by atoms with Crippen LogP contribution < -0.4 is 0 Å². The smallest absolute Gasteiger partial charge is 0.103 e. The summed E-state index contributed by atoms with van der Waals surface area (Å²) in [6, 6.07) is 1.79. The highest BCUT2D eigenvalue weighted by Gasteiger charge is 2.13. The van der Waals surface area contributed by atoms with Crippen LogP contribution in [0.25, 0.3) is 0 Å². The fraction of sp³-hybridized carbons (Fsp3) is 0.444. The molecule has 0 spiro atoms. The van der Waals surface area contributed by atoms with Crippen LogP contribution in [0.4, 0.5) is 0 Å². The molecule has 6 heteroatoms. The molecule has 0 saturated heterocycles. The van der Waals surface area contributed by atoms with Gasteiger partial charge >= 0.3 is 0 Å². The van der Waals surface area contributed by atoms with Gasteiger partial charge in [-0.15, -0.1) is 5.10 Å². The summed E-state index contributed by atoms with van der Waals surface area (Å²) in [5.74, 6) is 0. The van der Waals surface area contributed by atoms with E-state index in [1.54, 1.807) is 34.9 Å². The molecule has 0 aliphatic carbocycles. The van der Waals surface area contributed by atoms with Crippen molar-refractivity contribution in [2.24, 2.45) is 14.1 Å². The molecule has 0 aliphatic rings. The van der Waals surface area contributed by atoms with E-state index < -0.39 is 6.10 Å². The van der Waals surface area contributed by atoms with E-state index in [9.17, 15) is 5.11 Å². The van der Waals surface area contributed by atoms with Crippen LogP contribution in [0.3, 0.4) is 0 Å². The van der Waals surface area contributed by atoms with Crippen molar-refractivity contribution < 1.29 is 5.11 Å². The van der Waals surface area contributed by atoms with Crippen LogP contribution in [0.2, 0.25) is 0 Å². The van der Waals surface area contributed by atoms with Crippen LogP contribution in [0.15, 0.2) is 18.5 Å². The summed E-state index contributed by atoms with van der Waals surface area (Å²) in [4.78, 5) is 0. The first kappa shape index (κ1) is 9.85. The molecule has 2 aromatic heterocycles. The second-order valence-electron chi connectivity index (χ2n) is 3.52. The SMILES string of the molecule is Cn1cc(CC(O)c2ccn(C)n2)nn1. The van der Waals surface area contributed by atoms with E-state index in [4.69, 9.17) is 0 Å². The second kappa shape index (κ2) is 3.82. The van der Waals surface area contributed by atoms with Gasteiger partial charge < -0.3 is 5.11 Å². The summed E-state index contributed by atoms with van der Waals surface area (Å²) in [5, 5.41) is 21.7. The second-order valence-corrected chi connectivity index (χ2v) is 3.52. The Morgan fingerprint density at radius 3 is 2.73 bits per heavy atom. The van der Waals surface area contributed by atoms with Crippen molar-refractivity contribution >= 4 is 0 Å². The maximum Gasteiger partial charge on any atom is 0.103 e. The van der Waals surface area contributed by atoms with Gasteiger partial charge in [0, 0.05) is 32.9 Å². The quantitative estimate of drug-likeness (QED) is 0.758. The lowest BCUT2D eigenvalue weighted by atomic mass is 10.1. The first-order valence-corrected chi connectivity index (χ1v) is 4.68. The molecule has 0 bridgehead atoms. The van der Waals surface area contributed by atoms with Crippen molar-refractivity contribution in [2.45, 2.75) is 12.5 Å². The minimum absolute atomic E-state index is 0.435. The topological polar surface area (TPSA) is 68.8 Å². The molecule has 0 saturated carbocycles. The highest BCUT2D eigenvalue weighted by atomic mass is 16.3. The molecule has 0 aliphatic heterocycles.